The van der Waals surface area contributed by atoms with Crippen LogP contribution in [0.1, 0.15) is 56.1 Å². The smallest absolute Gasteiger partial charge is 0.303 e. The number of allylic oxidation sites excluding steroid dienone is 1. The van der Waals surface area contributed by atoms with Crippen LogP contribution in [0.4, 0.5) is 0 Å². The van der Waals surface area contributed by atoms with E-state index in [0.717, 1.165) is 44.5 Å². The molecule has 1 atom stereocenters. The third-order valence-electron chi connectivity index (χ3n) is 5.82. The lowest BCUT2D eigenvalue weighted by Crippen LogP contribution is -2.23. The van der Waals surface area contributed by atoms with Gasteiger partial charge in [0.05, 0.1) is 12.1 Å². The maximum Gasteiger partial charge on any atom is 0.303 e. The molecular formula is C27H33NO3. The van der Waals surface area contributed by atoms with Gasteiger partial charge in [-0.05, 0) is 80.7 Å². The Morgan fingerprint density at radius 2 is 1.61 bits per heavy atom. The van der Waals surface area contributed by atoms with Gasteiger partial charge in [-0.1, -0.05) is 48.5 Å². The van der Waals surface area contributed by atoms with Crippen LogP contribution in [0.3, 0.4) is 0 Å². The largest absolute Gasteiger partial charge is 0.494 e. The molecule has 0 amide bonds. The minimum absolute atomic E-state index is 0.153. The molecule has 2 aromatic carbocycles. The number of rotatable bonds is 14. The molecular weight excluding hydrogens is 386 g/mol. The van der Waals surface area contributed by atoms with Gasteiger partial charge in [-0.3, -0.25) is 9.79 Å². The SMILES string of the molecule is O=C(O)CCC1(CCCc2ccc(OCCCCCc3ccccc3)cc2)C=CC=N1. The summed E-state index contributed by atoms with van der Waals surface area (Å²) in [6.07, 6.45) is 13.9. The number of benzene rings is 2. The zero-order valence-corrected chi connectivity index (χ0v) is 18.2. The van der Waals surface area contributed by atoms with Crippen LogP contribution in [-0.4, -0.2) is 29.4 Å². The Labute approximate surface area is 185 Å². The van der Waals surface area contributed by atoms with E-state index in [1.807, 2.05) is 24.3 Å². The molecule has 1 unspecified atom stereocenters. The van der Waals surface area contributed by atoms with Crippen LogP contribution in [0.2, 0.25) is 0 Å². The third kappa shape index (κ3) is 8.05. The van der Waals surface area contributed by atoms with Crippen LogP contribution in [0, 0.1) is 0 Å². The molecule has 4 nitrogen and oxygen atoms in total. The van der Waals surface area contributed by atoms with Crippen LogP contribution in [0.15, 0.2) is 71.7 Å². The van der Waals surface area contributed by atoms with E-state index in [-0.39, 0.29) is 12.0 Å². The summed E-state index contributed by atoms with van der Waals surface area (Å²) in [5.41, 5.74) is 2.35. The molecule has 0 aliphatic carbocycles. The number of hydrogen-bond donors (Lipinski definition) is 1. The average Bonchev–Trinajstić information content (AvgIpc) is 3.25. The quantitative estimate of drug-likeness (QED) is 0.380. The van der Waals surface area contributed by atoms with Gasteiger partial charge in [0.2, 0.25) is 0 Å². The normalized spacial score (nSPS) is 17.2. The van der Waals surface area contributed by atoms with Crippen LogP contribution in [-0.2, 0) is 17.6 Å². The van der Waals surface area contributed by atoms with Crippen LogP contribution in [0.5, 0.6) is 5.75 Å². The molecule has 1 heterocycles. The van der Waals surface area contributed by atoms with Crippen LogP contribution >= 0.6 is 0 Å². The summed E-state index contributed by atoms with van der Waals surface area (Å²) in [6.45, 7) is 0.755. The fourth-order valence-corrected chi connectivity index (χ4v) is 3.99. The minimum atomic E-state index is -0.762. The second-order valence-corrected chi connectivity index (χ2v) is 8.28. The van der Waals surface area contributed by atoms with Crippen molar-refractivity contribution in [3.05, 3.63) is 77.9 Å². The highest BCUT2D eigenvalue weighted by Gasteiger charge is 2.27. The summed E-state index contributed by atoms with van der Waals surface area (Å²) < 4.78 is 5.89. The van der Waals surface area contributed by atoms with Crippen molar-refractivity contribution in [2.75, 3.05) is 6.61 Å². The molecule has 0 fully saturated rings. The van der Waals surface area contributed by atoms with Crippen molar-refractivity contribution < 1.29 is 14.6 Å². The van der Waals surface area contributed by atoms with Crippen molar-refractivity contribution in [2.45, 2.75) is 63.3 Å². The highest BCUT2D eigenvalue weighted by molar-refractivity contribution is 5.75. The Bertz CT molecular complexity index is 844. The molecule has 31 heavy (non-hydrogen) atoms. The topological polar surface area (TPSA) is 58.9 Å². The van der Waals surface area contributed by atoms with E-state index in [1.165, 1.54) is 24.0 Å². The second kappa shape index (κ2) is 12.1. The monoisotopic (exact) mass is 419 g/mol. The standard InChI is InChI=1S/C27H33NO3/c29-26(30)17-20-27(19-8-21-28-27)18-7-12-24-13-15-25(16-14-24)31-22-6-2-5-11-23-9-3-1-4-10-23/h1,3-4,8-10,13-16,19,21H,2,5-7,11-12,17-18,20,22H2,(H,29,30). The van der Waals surface area contributed by atoms with Crippen molar-refractivity contribution in [1.82, 2.24) is 0 Å². The van der Waals surface area contributed by atoms with E-state index in [1.54, 1.807) is 6.21 Å². The third-order valence-corrected chi connectivity index (χ3v) is 5.82. The summed E-state index contributed by atoms with van der Waals surface area (Å²) >= 11 is 0. The molecule has 0 aromatic heterocycles. The van der Waals surface area contributed by atoms with E-state index >= 15 is 0 Å². The summed E-state index contributed by atoms with van der Waals surface area (Å²) in [5, 5.41) is 8.98. The molecule has 1 N–H and O–H groups in total. The van der Waals surface area contributed by atoms with E-state index in [0.29, 0.717) is 6.42 Å². The summed E-state index contributed by atoms with van der Waals surface area (Å²) in [5.74, 6) is 0.162. The Morgan fingerprint density at radius 3 is 2.32 bits per heavy atom. The fraction of sp³-hybridized carbons (Fsp3) is 0.407. The van der Waals surface area contributed by atoms with Crippen LogP contribution in [0.25, 0.3) is 0 Å². The molecule has 2 aromatic rings. The van der Waals surface area contributed by atoms with Crippen molar-refractivity contribution in [3.8, 4) is 5.75 Å². The molecule has 0 spiro atoms. The molecule has 4 heteroatoms. The first-order valence-electron chi connectivity index (χ1n) is 11.4. The molecule has 3 rings (SSSR count). The Hall–Kier alpha value is -2.88. The number of carboxylic acid groups (broad SMARTS) is 1. The van der Waals surface area contributed by atoms with Gasteiger partial charge in [0.1, 0.15) is 5.75 Å². The van der Waals surface area contributed by atoms with Crippen molar-refractivity contribution in [2.24, 2.45) is 4.99 Å². The number of carbonyl (C=O) groups is 1. The number of hydrogen-bond acceptors (Lipinski definition) is 3. The van der Waals surface area contributed by atoms with E-state index in [2.05, 4.69) is 47.5 Å². The van der Waals surface area contributed by atoms with Gasteiger partial charge in [-0.25, -0.2) is 0 Å². The Morgan fingerprint density at radius 1 is 0.871 bits per heavy atom. The molecule has 0 saturated carbocycles. The lowest BCUT2D eigenvalue weighted by Gasteiger charge is -2.23. The first-order chi connectivity index (χ1) is 15.2. The van der Waals surface area contributed by atoms with Gasteiger partial charge in [0.15, 0.2) is 0 Å². The van der Waals surface area contributed by atoms with Crippen molar-refractivity contribution in [3.63, 3.8) is 0 Å². The molecule has 0 bridgehead atoms. The van der Waals surface area contributed by atoms with Gasteiger partial charge < -0.3 is 9.84 Å². The predicted octanol–water partition coefficient (Wildman–Crippen LogP) is 6.05. The minimum Gasteiger partial charge on any atom is -0.494 e. The lowest BCUT2D eigenvalue weighted by molar-refractivity contribution is -0.137. The van der Waals surface area contributed by atoms with Gasteiger partial charge in [-0.15, -0.1) is 0 Å². The zero-order valence-electron chi connectivity index (χ0n) is 18.2. The van der Waals surface area contributed by atoms with E-state index in [4.69, 9.17) is 9.84 Å². The fourth-order valence-electron chi connectivity index (χ4n) is 3.99. The first kappa shape index (κ1) is 22.8. The molecule has 0 saturated heterocycles. The predicted molar refractivity (Wildman–Crippen MR) is 126 cm³/mol. The van der Waals surface area contributed by atoms with Gasteiger partial charge >= 0.3 is 5.97 Å². The number of carboxylic acids is 1. The Kier molecular flexibility index (Phi) is 8.89. The van der Waals surface area contributed by atoms with Crippen LogP contribution < -0.4 is 4.74 Å². The average molecular weight is 420 g/mol. The Balaban J connectivity index is 1.31. The number of ether oxygens (including phenoxy) is 1. The molecule has 164 valence electrons. The van der Waals surface area contributed by atoms with Gasteiger partial charge in [0.25, 0.3) is 0 Å². The second-order valence-electron chi connectivity index (χ2n) is 8.28. The maximum atomic E-state index is 10.9. The molecule has 1 aliphatic heterocycles. The molecule has 1 aliphatic rings. The van der Waals surface area contributed by atoms with E-state index < -0.39 is 5.97 Å². The number of aryl methyl sites for hydroxylation is 2. The van der Waals surface area contributed by atoms with Gasteiger partial charge in [-0.2, -0.15) is 0 Å². The maximum absolute atomic E-state index is 10.9. The summed E-state index contributed by atoms with van der Waals surface area (Å²) in [7, 11) is 0. The number of aliphatic imine (C=N–C) groups is 1. The zero-order chi connectivity index (χ0) is 21.8. The lowest BCUT2D eigenvalue weighted by atomic mass is 9.88. The van der Waals surface area contributed by atoms with E-state index in [9.17, 15) is 4.79 Å². The molecule has 0 radical (unpaired) electrons. The number of aliphatic carboxylic acids is 1. The van der Waals surface area contributed by atoms with Gasteiger partial charge in [0, 0.05) is 12.6 Å². The van der Waals surface area contributed by atoms with Crippen molar-refractivity contribution in [1.29, 1.82) is 0 Å². The summed E-state index contributed by atoms with van der Waals surface area (Å²) in [6, 6.07) is 19.0. The highest BCUT2D eigenvalue weighted by atomic mass is 16.5. The number of unbranched alkanes of at least 4 members (excludes halogenated alkanes) is 2. The first-order valence-corrected chi connectivity index (χ1v) is 11.4. The number of nitrogens with zero attached hydrogens (tertiary/aromatic N) is 1. The summed E-state index contributed by atoms with van der Waals surface area (Å²) in [4.78, 5) is 15.5. The van der Waals surface area contributed by atoms with Crippen molar-refractivity contribution >= 4 is 12.2 Å². The highest BCUT2D eigenvalue weighted by Crippen LogP contribution is 2.29.